The van der Waals surface area contributed by atoms with Crippen LogP contribution in [0.5, 0.6) is 0 Å². The lowest BCUT2D eigenvalue weighted by atomic mass is 9.86. The van der Waals surface area contributed by atoms with Crippen LogP contribution in [0.25, 0.3) is 11.0 Å². The summed E-state index contributed by atoms with van der Waals surface area (Å²) in [4.78, 5) is 12.3. The van der Waals surface area contributed by atoms with Crippen molar-refractivity contribution in [3.05, 3.63) is 47.2 Å². The zero-order valence-electron chi connectivity index (χ0n) is 15.7. The number of allylic oxidation sites excluding steroid dienone is 1. The fourth-order valence-corrected chi connectivity index (χ4v) is 3.41. The maximum Gasteiger partial charge on any atom is 0.224 e. The van der Waals surface area contributed by atoms with E-state index in [1.54, 1.807) is 6.26 Å². The molecule has 0 saturated carbocycles. The minimum Gasteiger partial charge on any atom is -0.464 e. The summed E-state index contributed by atoms with van der Waals surface area (Å²) >= 11 is 0. The van der Waals surface area contributed by atoms with E-state index in [0.717, 1.165) is 29.5 Å². The molecule has 1 aliphatic carbocycles. The molecule has 0 radical (unpaired) electrons. The Labute approximate surface area is 150 Å². The number of fused-ring (bicyclic) bond motifs is 1. The molecule has 0 bridgehead atoms. The van der Waals surface area contributed by atoms with Crippen LogP contribution in [-0.4, -0.2) is 12.5 Å². The van der Waals surface area contributed by atoms with E-state index < -0.39 is 0 Å². The number of benzene rings is 1. The van der Waals surface area contributed by atoms with Crippen LogP contribution in [-0.2, 0) is 16.6 Å². The highest BCUT2D eigenvalue weighted by Crippen LogP contribution is 2.29. The summed E-state index contributed by atoms with van der Waals surface area (Å²) in [6.45, 7) is 7.31. The SMILES string of the molecule is CC(C)(C)c1ccc2occ(CC(=O)NCCC3=CCCCC3)c2c1. The average Bonchev–Trinajstić information content (AvgIpc) is 2.97. The number of hydrogen-bond acceptors (Lipinski definition) is 2. The lowest BCUT2D eigenvalue weighted by molar-refractivity contribution is -0.120. The van der Waals surface area contributed by atoms with E-state index in [4.69, 9.17) is 4.42 Å². The number of carbonyl (C=O) groups excluding carboxylic acids is 1. The summed E-state index contributed by atoms with van der Waals surface area (Å²) in [5.41, 5.74) is 4.65. The van der Waals surface area contributed by atoms with Crippen LogP contribution >= 0.6 is 0 Å². The van der Waals surface area contributed by atoms with Crippen LogP contribution < -0.4 is 5.32 Å². The van der Waals surface area contributed by atoms with Gasteiger partial charge in [-0.1, -0.05) is 38.5 Å². The third kappa shape index (κ3) is 4.53. The second kappa shape index (κ2) is 7.47. The van der Waals surface area contributed by atoms with Crippen LogP contribution in [0.15, 0.2) is 40.5 Å². The Morgan fingerprint density at radius 2 is 2.08 bits per heavy atom. The fourth-order valence-electron chi connectivity index (χ4n) is 3.41. The minimum atomic E-state index is 0.0697. The van der Waals surface area contributed by atoms with E-state index in [1.807, 2.05) is 6.07 Å². The molecule has 2 aromatic rings. The Balaban J connectivity index is 1.61. The van der Waals surface area contributed by atoms with Crippen molar-refractivity contribution in [3.63, 3.8) is 0 Å². The zero-order valence-corrected chi connectivity index (χ0v) is 15.7. The Kier molecular flexibility index (Phi) is 5.31. The highest BCUT2D eigenvalue weighted by Gasteiger charge is 2.17. The zero-order chi connectivity index (χ0) is 17.9. The van der Waals surface area contributed by atoms with Crippen molar-refractivity contribution in [1.29, 1.82) is 0 Å². The summed E-state index contributed by atoms with van der Waals surface area (Å²) in [5, 5.41) is 4.11. The average molecular weight is 339 g/mol. The van der Waals surface area contributed by atoms with Gasteiger partial charge in [0.15, 0.2) is 0 Å². The van der Waals surface area contributed by atoms with Crippen molar-refractivity contribution in [2.45, 2.75) is 64.7 Å². The van der Waals surface area contributed by atoms with Gasteiger partial charge in [-0.3, -0.25) is 4.79 Å². The molecular formula is C22H29NO2. The van der Waals surface area contributed by atoms with E-state index in [9.17, 15) is 4.79 Å². The van der Waals surface area contributed by atoms with E-state index in [1.165, 1.54) is 36.8 Å². The summed E-state index contributed by atoms with van der Waals surface area (Å²) < 4.78 is 5.63. The van der Waals surface area contributed by atoms with E-state index in [0.29, 0.717) is 6.42 Å². The molecule has 1 N–H and O–H groups in total. The molecule has 1 aromatic carbocycles. The van der Waals surface area contributed by atoms with Crippen molar-refractivity contribution in [2.24, 2.45) is 0 Å². The van der Waals surface area contributed by atoms with Crippen LogP contribution in [0.2, 0.25) is 0 Å². The summed E-state index contributed by atoms with van der Waals surface area (Å²) in [6.07, 6.45) is 10.4. The number of carbonyl (C=O) groups is 1. The third-order valence-corrected chi connectivity index (χ3v) is 5.02. The molecule has 134 valence electrons. The molecule has 25 heavy (non-hydrogen) atoms. The van der Waals surface area contributed by atoms with Crippen LogP contribution in [0.4, 0.5) is 0 Å². The molecule has 0 atom stereocenters. The Morgan fingerprint density at radius 3 is 2.80 bits per heavy atom. The summed E-state index contributed by atoms with van der Waals surface area (Å²) in [5.74, 6) is 0.0697. The van der Waals surface area contributed by atoms with Gasteiger partial charge in [0.05, 0.1) is 12.7 Å². The highest BCUT2D eigenvalue weighted by molar-refractivity contribution is 5.88. The standard InChI is InChI=1S/C22H29NO2/c1-22(2,3)18-9-10-20-19(14-18)17(15-25-20)13-21(24)23-12-11-16-7-5-4-6-8-16/h7,9-10,14-15H,4-6,8,11-13H2,1-3H3,(H,23,24). The Morgan fingerprint density at radius 1 is 1.24 bits per heavy atom. The number of nitrogens with one attached hydrogen (secondary N) is 1. The summed E-state index contributed by atoms with van der Waals surface area (Å²) in [7, 11) is 0. The first-order valence-corrected chi connectivity index (χ1v) is 9.39. The number of furan rings is 1. The molecular weight excluding hydrogens is 310 g/mol. The van der Waals surface area contributed by atoms with E-state index in [2.05, 4.69) is 44.3 Å². The second-order valence-corrected chi connectivity index (χ2v) is 8.11. The van der Waals surface area contributed by atoms with Crippen molar-refractivity contribution in [1.82, 2.24) is 5.32 Å². The Hall–Kier alpha value is -2.03. The quantitative estimate of drug-likeness (QED) is 0.753. The molecule has 0 unspecified atom stereocenters. The predicted molar refractivity (Wildman–Crippen MR) is 103 cm³/mol. The van der Waals surface area contributed by atoms with Gasteiger partial charge in [-0.15, -0.1) is 0 Å². The van der Waals surface area contributed by atoms with Gasteiger partial charge in [-0.05, 0) is 55.2 Å². The van der Waals surface area contributed by atoms with Gasteiger partial charge in [0, 0.05) is 17.5 Å². The Bertz CT molecular complexity index is 777. The monoisotopic (exact) mass is 339 g/mol. The first kappa shape index (κ1) is 17.8. The minimum absolute atomic E-state index is 0.0697. The lowest BCUT2D eigenvalue weighted by Gasteiger charge is -2.18. The van der Waals surface area contributed by atoms with Gasteiger partial charge in [-0.2, -0.15) is 0 Å². The third-order valence-electron chi connectivity index (χ3n) is 5.02. The number of hydrogen-bond donors (Lipinski definition) is 1. The van der Waals surface area contributed by atoms with Crippen LogP contribution in [0.1, 0.15) is 64.0 Å². The molecule has 0 fully saturated rings. The molecule has 3 heteroatoms. The molecule has 1 amide bonds. The second-order valence-electron chi connectivity index (χ2n) is 8.11. The number of amides is 1. The topological polar surface area (TPSA) is 42.2 Å². The largest absolute Gasteiger partial charge is 0.464 e. The molecule has 0 saturated heterocycles. The maximum atomic E-state index is 12.3. The first-order valence-electron chi connectivity index (χ1n) is 9.39. The molecule has 3 nitrogen and oxygen atoms in total. The molecule has 1 aromatic heterocycles. The van der Waals surface area contributed by atoms with Crippen LogP contribution in [0, 0.1) is 0 Å². The summed E-state index contributed by atoms with van der Waals surface area (Å²) in [6, 6.07) is 6.27. The molecule has 1 aliphatic rings. The molecule has 0 aliphatic heterocycles. The number of rotatable bonds is 5. The van der Waals surface area contributed by atoms with Gasteiger partial charge < -0.3 is 9.73 Å². The first-order chi connectivity index (χ1) is 11.9. The lowest BCUT2D eigenvalue weighted by Crippen LogP contribution is -2.26. The molecule has 0 spiro atoms. The van der Waals surface area contributed by atoms with E-state index in [-0.39, 0.29) is 11.3 Å². The van der Waals surface area contributed by atoms with Gasteiger partial charge in [0.2, 0.25) is 5.91 Å². The normalized spacial score (nSPS) is 15.2. The molecule has 1 heterocycles. The van der Waals surface area contributed by atoms with E-state index >= 15 is 0 Å². The predicted octanol–water partition coefficient (Wildman–Crippen LogP) is 5.28. The smallest absolute Gasteiger partial charge is 0.224 e. The molecule has 3 rings (SSSR count). The van der Waals surface area contributed by atoms with Crippen molar-refractivity contribution >= 4 is 16.9 Å². The van der Waals surface area contributed by atoms with Crippen molar-refractivity contribution in [3.8, 4) is 0 Å². The van der Waals surface area contributed by atoms with Gasteiger partial charge >= 0.3 is 0 Å². The van der Waals surface area contributed by atoms with Crippen molar-refractivity contribution < 1.29 is 9.21 Å². The van der Waals surface area contributed by atoms with Gasteiger partial charge in [0.25, 0.3) is 0 Å². The fraction of sp³-hybridized carbons (Fsp3) is 0.500. The van der Waals surface area contributed by atoms with Gasteiger partial charge in [-0.25, -0.2) is 0 Å². The maximum absolute atomic E-state index is 12.3. The van der Waals surface area contributed by atoms with Crippen LogP contribution in [0.3, 0.4) is 0 Å². The van der Waals surface area contributed by atoms with Crippen molar-refractivity contribution in [2.75, 3.05) is 6.54 Å². The van der Waals surface area contributed by atoms with Gasteiger partial charge in [0.1, 0.15) is 5.58 Å². The highest BCUT2D eigenvalue weighted by atomic mass is 16.3.